The van der Waals surface area contributed by atoms with Crippen molar-refractivity contribution in [2.24, 2.45) is 17.6 Å². The molecule has 0 aromatic heterocycles. The van der Waals surface area contributed by atoms with E-state index >= 15 is 0 Å². The molecule has 4 nitrogen and oxygen atoms in total. The molecule has 3 N–H and O–H groups in total. The second kappa shape index (κ2) is 6.86. The van der Waals surface area contributed by atoms with Crippen LogP contribution in [0.2, 0.25) is 0 Å². The minimum absolute atomic E-state index is 0.0730. The van der Waals surface area contributed by atoms with E-state index in [-0.39, 0.29) is 17.9 Å². The minimum atomic E-state index is 0.0730. The van der Waals surface area contributed by atoms with Crippen LogP contribution in [0.4, 0.5) is 0 Å². The lowest BCUT2D eigenvalue weighted by molar-refractivity contribution is -0.127. The van der Waals surface area contributed by atoms with Crippen molar-refractivity contribution in [2.45, 2.75) is 39.2 Å². The van der Waals surface area contributed by atoms with Gasteiger partial charge < -0.3 is 15.8 Å². The molecule has 0 spiro atoms. The van der Waals surface area contributed by atoms with E-state index < -0.39 is 0 Å². The summed E-state index contributed by atoms with van der Waals surface area (Å²) in [5.41, 5.74) is 5.91. The lowest BCUT2D eigenvalue weighted by Gasteiger charge is -2.22. The Morgan fingerprint density at radius 3 is 2.62 bits per heavy atom. The number of hydrogen-bond donors (Lipinski definition) is 2. The fourth-order valence-corrected chi connectivity index (χ4v) is 2.02. The van der Waals surface area contributed by atoms with Crippen LogP contribution >= 0.6 is 0 Å². The van der Waals surface area contributed by atoms with Crippen LogP contribution in [-0.2, 0) is 9.53 Å². The van der Waals surface area contributed by atoms with Crippen LogP contribution < -0.4 is 11.1 Å². The van der Waals surface area contributed by atoms with Gasteiger partial charge in [0.25, 0.3) is 0 Å². The van der Waals surface area contributed by atoms with Crippen molar-refractivity contribution in [3.63, 3.8) is 0 Å². The Labute approximate surface area is 97.9 Å². The normalized spacial score (nSPS) is 19.8. The predicted octanol–water partition coefficient (Wildman–Crippen LogP) is 0.903. The van der Waals surface area contributed by atoms with Crippen molar-refractivity contribution in [2.75, 3.05) is 19.8 Å². The molecule has 0 bridgehead atoms. The van der Waals surface area contributed by atoms with Gasteiger partial charge in [-0.25, -0.2) is 0 Å². The Bertz CT molecular complexity index is 213. The summed E-state index contributed by atoms with van der Waals surface area (Å²) in [5.74, 6) is 0.845. The maximum Gasteiger partial charge on any atom is 0.223 e. The van der Waals surface area contributed by atoms with Crippen LogP contribution in [0.5, 0.6) is 0 Å². The van der Waals surface area contributed by atoms with Crippen molar-refractivity contribution >= 4 is 5.91 Å². The maximum absolute atomic E-state index is 11.8. The third kappa shape index (κ3) is 4.94. The first-order valence-corrected chi connectivity index (χ1v) is 6.20. The first kappa shape index (κ1) is 13.5. The molecule has 1 aliphatic rings. The fourth-order valence-electron chi connectivity index (χ4n) is 2.02. The van der Waals surface area contributed by atoms with Crippen LogP contribution in [0.1, 0.15) is 33.1 Å². The highest BCUT2D eigenvalue weighted by atomic mass is 16.5. The Morgan fingerprint density at radius 2 is 2.06 bits per heavy atom. The minimum Gasteiger partial charge on any atom is -0.381 e. The molecule has 1 atom stereocenters. The van der Waals surface area contributed by atoms with Gasteiger partial charge in [0.2, 0.25) is 5.91 Å². The topological polar surface area (TPSA) is 64.3 Å². The molecule has 1 fully saturated rings. The molecule has 1 aliphatic heterocycles. The van der Waals surface area contributed by atoms with E-state index in [1.54, 1.807) is 0 Å². The van der Waals surface area contributed by atoms with Gasteiger partial charge in [0.15, 0.2) is 0 Å². The van der Waals surface area contributed by atoms with Gasteiger partial charge in [-0.2, -0.15) is 0 Å². The average molecular weight is 228 g/mol. The van der Waals surface area contributed by atoms with Crippen LogP contribution in [0.3, 0.4) is 0 Å². The van der Waals surface area contributed by atoms with E-state index in [0.717, 1.165) is 19.3 Å². The van der Waals surface area contributed by atoms with Crippen molar-refractivity contribution in [3.05, 3.63) is 0 Å². The van der Waals surface area contributed by atoms with Crippen molar-refractivity contribution < 1.29 is 9.53 Å². The molecule has 1 amide bonds. The third-order valence-electron chi connectivity index (χ3n) is 2.90. The van der Waals surface area contributed by atoms with Crippen LogP contribution in [0.25, 0.3) is 0 Å². The monoisotopic (exact) mass is 228 g/mol. The molecule has 16 heavy (non-hydrogen) atoms. The van der Waals surface area contributed by atoms with E-state index in [4.69, 9.17) is 10.5 Å². The van der Waals surface area contributed by atoms with Crippen molar-refractivity contribution in [3.8, 4) is 0 Å². The quantitative estimate of drug-likeness (QED) is 0.735. The van der Waals surface area contributed by atoms with Gasteiger partial charge in [-0.3, -0.25) is 4.79 Å². The number of carbonyl (C=O) groups excluding carboxylic acids is 1. The Balaban J connectivity index is 2.18. The largest absolute Gasteiger partial charge is 0.381 e. The summed E-state index contributed by atoms with van der Waals surface area (Å²) in [6, 6.07) is 0.0730. The molecule has 0 aromatic carbocycles. The summed E-state index contributed by atoms with van der Waals surface area (Å²) < 4.78 is 5.22. The zero-order chi connectivity index (χ0) is 12.0. The fraction of sp³-hybridized carbons (Fsp3) is 0.917. The molecular formula is C12H24N2O2. The van der Waals surface area contributed by atoms with Crippen LogP contribution in [0, 0.1) is 11.8 Å². The molecule has 0 aromatic rings. The first-order valence-electron chi connectivity index (χ1n) is 6.20. The average Bonchev–Trinajstić information content (AvgIpc) is 2.26. The summed E-state index contributed by atoms with van der Waals surface area (Å²) in [6.45, 7) is 6.28. The summed E-state index contributed by atoms with van der Waals surface area (Å²) in [7, 11) is 0. The number of nitrogens with two attached hydrogens (primary N) is 1. The SMILES string of the molecule is CC(C)CC(N)CNC(=O)C1CCOCC1. The number of amides is 1. The van der Waals surface area contributed by atoms with Crippen LogP contribution in [-0.4, -0.2) is 31.7 Å². The van der Waals surface area contributed by atoms with Gasteiger partial charge in [-0.05, 0) is 25.2 Å². The standard InChI is InChI=1S/C12H24N2O2/c1-9(2)7-11(13)8-14-12(15)10-3-5-16-6-4-10/h9-11H,3-8,13H2,1-2H3,(H,14,15). The summed E-state index contributed by atoms with van der Waals surface area (Å²) >= 11 is 0. The number of ether oxygens (including phenoxy) is 1. The molecule has 0 aliphatic carbocycles. The zero-order valence-corrected chi connectivity index (χ0v) is 10.4. The number of carbonyl (C=O) groups is 1. The highest BCUT2D eigenvalue weighted by Crippen LogP contribution is 2.14. The lowest BCUT2D eigenvalue weighted by atomic mass is 9.99. The number of rotatable bonds is 5. The molecule has 1 saturated heterocycles. The van der Waals surface area contributed by atoms with E-state index in [9.17, 15) is 4.79 Å². The van der Waals surface area contributed by atoms with E-state index in [0.29, 0.717) is 25.7 Å². The van der Waals surface area contributed by atoms with Gasteiger partial charge in [0, 0.05) is 31.7 Å². The summed E-state index contributed by atoms with van der Waals surface area (Å²) in [5, 5.41) is 2.94. The van der Waals surface area contributed by atoms with Gasteiger partial charge >= 0.3 is 0 Å². The molecule has 94 valence electrons. The summed E-state index contributed by atoms with van der Waals surface area (Å²) in [4.78, 5) is 11.8. The van der Waals surface area contributed by atoms with Crippen molar-refractivity contribution in [1.82, 2.24) is 5.32 Å². The molecule has 1 heterocycles. The lowest BCUT2D eigenvalue weighted by Crippen LogP contribution is -2.41. The molecule has 4 heteroatoms. The van der Waals surface area contributed by atoms with E-state index in [1.807, 2.05) is 0 Å². The van der Waals surface area contributed by atoms with E-state index in [1.165, 1.54) is 0 Å². The number of hydrogen-bond acceptors (Lipinski definition) is 3. The van der Waals surface area contributed by atoms with Gasteiger partial charge in [-0.1, -0.05) is 13.8 Å². The van der Waals surface area contributed by atoms with Gasteiger partial charge in [0.1, 0.15) is 0 Å². The molecular weight excluding hydrogens is 204 g/mol. The van der Waals surface area contributed by atoms with Crippen LogP contribution in [0.15, 0.2) is 0 Å². The van der Waals surface area contributed by atoms with Gasteiger partial charge in [-0.15, -0.1) is 0 Å². The predicted molar refractivity (Wildman–Crippen MR) is 64.0 cm³/mol. The Morgan fingerprint density at radius 1 is 1.44 bits per heavy atom. The highest BCUT2D eigenvalue weighted by Gasteiger charge is 2.21. The van der Waals surface area contributed by atoms with Crippen molar-refractivity contribution in [1.29, 1.82) is 0 Å². The first-order chi connectivity index (χ1) is 7.59. The Hall–Kier alpha value is -0.610. The Kier molecular flexibility index (Phi) is 5.77. The molecule has 1 rings (SSSR count). The second-order valence-electron chi connectivity index (χ2n) is 5.02. The smallest absolute Gasteiger partial charge is 0.223 e. The third-order valence-corrected chi connectivity index (χ3v) is 2.90. The maximum atomic E-state index is 11.8. The second-order valence-corrected chi connectivity index (χ2v) is 5.02. The summed E-state index contributed by atoms with van der Waals surface area (Å²) in [6.07, 6.45) is 2.63. The molecule has 1 unspecified atom stereocenters. The van der Waals surface area contributed by atoms with Gasteiger partial charge in [0.05, 0.1) is 0 Å². The molecule has 0 radical (unpaired) electrons. The highest BCUT2D eigenvalue weighted by molar-refractivity contribution is 5.78. The number of nitrogens with one attached hydrogen (secondary N) is 1. The molecule has 0 saturated carbocycles. The van der Waals surface area contributed by atoms with E-state index in [2.05, 4.69) is 19.2 Å². The zero-order valence-electron chi connectivity index (χ0n) is 10.4.